The van der Waals surface area contributed by atoms with E-state index in [0.29, 0.717) is 34.2 Å². The molecular formula is C22H16O4. The first-order valence-electron chi connectivity index (χ1n) is 8.36. The predicted molar refractivity (Wildman–Crippen MR) is 97.6 cm³/mol. The maximum absolute atomic E-state index is 13.0. The summed E-state index contributed by atoms with van der Waals surface area (Å²) in [5.74, 6) is -0.200. The number of phenols is 1. The lowest BCUT2D eigenvalue weighted by Gasteiger charge is -2.20. The van der Waals surface area contributed by atoms with Crippen LogP contribution >= 0.6 is 0 Å². The Kier molecular flexibility index (Phi) is 3.90. The fourth-order valence-corrected chi connectivity index (χ4v) is 3.43. The third-order valence-corrected chi connectivity index (χ3v) is 4.71. The van der Waals surface area contributed by atoms with Crippen molar-refractivity contribution in [2.45, 2.75) is 6.42 Å². The van der Waals surface area contributed by atoms with Crippen LogP contribution in [-0.2, 0) is 6.42 Å². The van der Waals surface area contributed by atoms with Gasteiger partial charge < -0.3 is 10.2 Å². The van der Waals surface area contributed by atoms with Gasteiger partial charge in [-0.15, -0.1) is 0 Å². The number of fused-ring (bicyclic) bond motifs is 2. The van der Waals surface area contributed by atoms with Crippen LogP contribution in [0.3, 0.4) is 0 Å². The molecule has 4 rings (SSSR count). The van der Waals surface area contributed by atoms with E-state index in [1.807, 2.05) is 0 Å². The second-order valence-electron chi connectivity index (χ2n) is 6.28. The molecule has 0 saturated carbocycles. The number of rotatable bonds is 3. The highest BCUT2D eigenvalue weighted by Crippen LogP contribution is 2.33. The Hall–Kier alpha value is -3.24. The third-order valence-electron chi connectivity index (χ3n) is 4.71. The topological polar surface area (TPSA) is 74.6 Å². The van der Waals surface area contributed by atoms with Crippen molar-refractivity contribution in [3.63, 3.8) is 0 Å². The molecule has 128 valence electrons. The van der Waals surface area contributed by atoms with E-state index in [4.69, 9.17) is 0 Å². The maximum atomic E-state index is 13.0. The first-order valence-corrected chi connectivity index (χ1v) is 8.36. The van der Waals surface area contributed by atoms with E-state index in [1.165, 1.54) is 0 Å². The number of carbonyl (C=O) groups is 2. The van der Waals surface area contributed by atoms with Gasteiger partial charge in [-0.1, -0.05) is 36.4 Å². The highest BCUT2D eigenvalue weighted by atomic mass is 16.3. The van der Waals surface area contributed by atoms with Gasteiger partial charge in [-0.2, -0.15) is 0 Å². The summed E-state index contributed by atoms with van der Waals surface area (Å²) >= 11 is 0. The largest absolute Gasteiger partial charge is 0.508 e. The van der Waals surface area contributed by atoms with Crippen molar-refractivity contribution in [2.24, 2.45) is 0 Å². The van der Waals surface area contributed by atoms with Crippen LogP contribution in [0.5, 0.6) is 5.75 Å². The Bertz CT molecular complexity index is 1030. The van der Waals surface area contributed by atoms with Crippen LogP contribution in [0.15, 0.2) is 60.7 Å². The zero-order valence-electron chi connectivity index (χ0n) is 13.9. The van der Waals surface area contributed by atoms with E-state index >= 15 is 0 Å². The average molecular weight is 344 g/mol. The quantitative estimate of drug-likeness (QED) is 0.597. The van der Waals surface area contributed by atoms with Crippen molar-refractivity contribution >= 4 is 11.6 Å². The molecule has 1 aliphatic carbocycles. The van der Waals surface area contributed by atoms with E-state index in [1.54, 1.807) is 60.7 Å². The molecule has 0 unspecified atom stereocenters. The fourth-order valence-electron chi connectivity index (χ4n) is 3.43. The monoisotopic (exact) mass is 344 g/mol. The summed E-state index contributed by atoms with van der Waals surface area (Å²) in [6, 6.07) is 17.1. The molecule has 0 heterocycles. The lowest BCUT2D eigenvalue weighted by molar-refractivity contribution is 0.0978. The predicted octanol–water partition coefficient (Wildman–Crippen LogP) is 3.37. The minimum atomic E-state index is -0.185. The van der Waals surface area contributed by atoms with Gasteiger partial charge in [0.2, 0.25) is 0 Å². The summed E-state index contributed by atoms with van der Waals surface area (Å²) in [6.45, 7) is -0.0788. The van der Waals surface area contributed by atoms with E-state index in [2.05, 4.69) is 0 Å². The van der Waals surface area contributed by atoms with Crippen molar-refractivity contribution in [1.82, 2.24) is 0 Å². The number of hydrogen-bond donors (Lipinski definition) is 2. The van der Waals surface area contributed by atoms with E-state index in [0.717, 1.165) is 11.1 Å². The van der Waals surface area contributed by atoms with Gasteiger partial charge in [0.1, 0.15) is 5.75 Å². The van der Waals surface area contributed by atoms with Crippen molar-refractivity contribution in [1.29, 1.82) is 0 Å². The molecule has 3 aromatic carbocycles. The molecule has 0 aromatic heterocycles. The van der Waals surface area contributed by atoms with Crippen LogP contribution in [0.1, 0.15) is 37.4 Å². The SMILES string of the molecule is O=C1c2cc(-c3ccc(O)cc3)ccc2C(=O)c2c(CCO)cccc21. The molecule has 0 spiro atoms. The number of hydrogen-bond acceptors (Lipinski definition) is 4. The zero-order chi connectivity index (χ0) is 18.3. The molecule has 0 saturated heterocycles. The van der Waals surface area contributed by atoms with Gasteiger partial charge in [0.25, 0.3) is 0 Å². The van der Waals surface area contributed by atoms with Crippen molar-refractivity contribution in [3.8, 4) is 16.9 Å². The first kappa shape index (κ1) is 16.2. The van der Waals surface area contributed by atoms with Gasteiger partial charge in [0.05, 0.1) is 0 Å². The molecule has 3 aromatic rings. The van der Waals surface area contributed by atoms with E-state index in [9.17, 15) is 19.8 Å². The Morgan fingerprint density at radius 1 is 0.731 bits per heavy atom. The zero-order valence-corrected chi connectivity index (χ0v) is 13.9. The molecule has 0 radical (unpaired) electrons. The number of phenolic OH excluding ortho intramolecular Hbond substituents is 1. The standard InChI is InChI=1S/C22H16O4/c23-11-10-14-2-1-3-18-20(14)22(26)17-9-6-15(12-19(17)21(18)25)13-4-7-16(24)8-5-13/h1-9,12,23-24H,10-11H2. The van der Waals surface area contributed by atoms with Gasteiger partial charge in [-0.25, -0.2) is 0 Å². The van der Waals surface area contributed by atoms with E-state index < -0.39 is 0 Å². The molecule has 0 atom stereocenters. The van der Waals surface area contributed by atoms with Gasteiger partial charge in [0, 0.05) is 28.9 Å². The number of ketones is 2. The molecule has 4 nitrogen and oxygen atoms in total. The van der Waals surface area contributed by atoms with Crippen LogP contribution in [-0.4, -0.2) is 28.4 Å². The maximum Gasteiger partial charge on any atom is 0.194 e. The highest BCUT2D eigenvalue weighted by molar-refractivity contribution is 6.29. The Balaban J connectivity index is 1.85. The molecular weight excluding hydrogens is 328 g/mol. The normalized spacial score (nSPS) is 12.7. The number of aliphatic hydroxyl groups is 1. The summed E-state index contributed by atoms with van der Waals surface area (Å²) in [7, 11) is 0. The van der Waals surface area contributed by atoms with Crippen molar-refractivity contribution in [2.75, 3.05) is 6.61 Å². The van der Waals surface area contributed by atoms with Crippen LogP contribution in [0.25, 0.3) is 11.1 Å². The summed E-state index contributed by atoms with van der Waals surface area (Å²) in [5, 5.41) is 18.7. The molecule has 4 heteroatoms. The van der Waals surface area contributed by atoms with Crippen LogP contribution in [0, 0.1) is 0 Å². The summed E-state index contributed by atoms with van der Waals surface area (Å²) < 4.78 is 0. The smallest absolute Gasteiger partial charge is 0.194 e. The Morgan fingerprint density at radius 2 is 1.46 bits per heavy atom. The second-order valence-corrected chi connectivity index (χ2v) is 6.28. The Morgan fingerprint density at radius 3 is 2.19 bits per heavy atom. The van der Waals surface area contributed by atoms with Crippen LogP contribution < -0.4 is 0 Å². The minimum absolute atomic E-state index is 0.0788. The van der Waals surface area contributed by atoms with Gasteiger partial charge in [-0.05, 0) is 47.4 Å². The van der Waals surface area contributed by atoms with Gasteiger partial charge >= 0.3 is 0 Å². The van der Waals surface area contributed by atoms with Crippen LogP contribution in [0.2, 0.25) is 0 Å². The molecule has 0 bridgehead atoms. The van der Waals surface area contributed by atoms with Crippen molar-refractivity contribution in [3.05, 3.63) is 88.5 Å². The number of aliphatic hydroxyl groups excluding tert-OH is 1. The molecule has 2 N–H and O–H groups in total. The molecule has 26 heavy (non-hydrogen) atoms. The number of aromatic hydroxyl groups is 1. The van der Waals surface area contributed by atoms with Gasteiger partial charge in [-0.3, -0.25) is 9.59 Å². The number of carbonyl (C=O) groups excluding carboxylic acids is 2. The summed E-state index contributed by atoms with van der Waals surface area (Å²) in [5.41, 5.74) is 3.90. The molecule has 1 aliphatic rings. The van der Waals surface area contributed by atoms with Gasteiger partial charge in [0.15, 0.2) is 11.6 Å². The lowest BCUT2D eigenvalue weighted by atomic mass is 9.80. The lowest BCUT2D eigenvalue weighted by Crippen LogP contribution is -2.23. The second kappa shape index (κ2) is 6.24. The molecule has 0 aliphatic heterocycles. The number of benzene rings is 3. The fraction of sp³-hybridized carbons (Fsp3) is 0.0909. The average Bonchev–Trinajstić information content (AvgIpc) is 2.66. The van der Waals surface area contributed by atoms with E-state index in [-0.39, 0.29) is 23.9 Å². The third kappa shape index (κ3) is 2.52. The summed E-state index contributed by atoms with van der Waals surface area (Å²) in [4.78, 5) is 26.0. The molecule has 0 fully saturated rings. The summed E-state index contributed by atoms with van der Waals surface area (Å²) in [6.07, 6.45) is 0.336. The molecule has 0 amide bonds. The Labute approximate surface area is 150 Å². The first-order chi connectivity index (χ1) is 12.6. The van der Waals surface area contributed by atoms with Crippen molar-refractivity contribution < 1.29 is 19.8 Å². The highest BCUT2D eigenvalue weighted by Gasteiger charge is 2.31. The minimum Gasteiger partial charge on any atom is -0.508 e. The van der Waals surface area contributed by atoms with Crippen LogP contribution in [0.4, 0.5) is 0 Å².